The quantitative estimate of drug-likeness (QED) is 0.507. The van der Waals surface area contributed by atoms with E-state index in [0.29, 0.717) is 5.41 Å². The number of hydrogen-bond acceptors (Lipinski definition) is 1. The summed E-state index contributed by atoms with van der Waals surface area (Å²) in [6.07, 6.45) is 2.94. The van der Waals surface area contributed by atoms with Gasteiger partial charge >= 0.3 is 0 Å². The summed E-state index contributed by atoms with van der Waals surface area (Å²) in [7, 11) is 0. The van der Waals surface area contributed by atoms with E-state index >= 15 is 0 Å². The van der Waals surface area contributed by atoms with E-state index in [4.69, 9.17) is 5.73 Å². The van der Waals surface area contributed by atoms with E-state index in [9.17, 15) is 0 Å². The van der Waals surface area contributed by atoms with Crippen molar-refractivity contribution in [2.75, 3.05) is 0 Å². The Hall–Kier alpha value is -0.300. The van der Waals surface area contributed by atoms with E-state index in [1.54, 1.807) is 0 Å². The zero-order valence-electron chi connectivity index (χ0n) is 5.57. The molecule has 1 aliphatic carbocycles. The van der Waals surface area contributed by atoms with Gasteiger partial charge in [-0.1, -0.05) is 19.9 Å². The molecule has 1 saturated carbocycles. The molecule has 1 fully saturated rings. The van der Waals surface area contributed by atoms with Crippen molar-refractivity contribution >= 4 is 0 Å². The molecule has 0 bridgehead atoms. The molecule has 0 saturated heterocycles. The molecule has 0 amide bonds. The van der Waals surface area contributed by atoms with Gasteiger partial charge in [0.05, 0.1) is 0 Å². The lowest BCUT2D eigenvalue weighted by atomic mass is 10.1. The molecule has 0 heterocycles. The van der Waals surface area contributed by atoms with Crippen molar-refractivity contribution < 1.29 is 0 Å². The van der Waals surface area contributed by atoms with Crippen molar-refractivity contribution in [1.82, 2.24) is 0 Å². The highest BCUT2D eigenvalue weighted by Gasteiger charge is 2.56. The number of rotatable bonds is 1. The lowest BCUT2D eigenvalue weighted by Gasteiger charge is -2.06. The molecule has 8 heavy (non-hydrogen) atoms. The minimum absolute atomic E-state index is 0.0486. The standard InChI is InChI=1S/C7H13N/c1-4-7(8)5-6(7,2)3/h4H,1,5,8H2,2-3H3/t7-/m0/s1. The van der Waals surface area contributed by atoms with E-state index in [2.05, 4.69) is 20.4 Å². The van der Waals surface area contributed by atoms with Gasteiger partial charge in [0.15, 0.2) is 0 Å². The van der Waals surface area contributed by atoms with Crippen molar-refractivity contribution in [1.29, 1.82) is 0 Å². The minimum Gasteiger partial charge on any atom is -0.321 e. The summed E-state index contributed by atoms with van der Waals surface area (Å²) < 4.78 is 0. The van der Waals surface area contributed by atoms with Gasteiger partial charge in [-0.05, 0) is 11.8 Å². The third kappa shape index (κ3) is 0.511. The molecule has 46 valence electrons. The highest BCUT2D eigenvalue weighted by Crippen LogP contribution is 2.54. The van der Waals surface area contributed by atoms with Crippen LogP contribution in [0.5, 0.6) is 0 Å². The molecule has 0 spiro atoms. The molecule has 0 unspecified atom stereocenters. The van der Waals surface area contributed by atoms with Crippen LogP contribution in [-0.4, -0.2) is 5.54 Å². The van der Waals surface area contributed by atoms with Crippen LogP contribution in [0.15, 0.2) is 12.7 Å². The Balaban J connectivity index is 2.68. The first-order valence-corrected chi connectivity index (χ1v) is 2.94. The Labute approximate surface area is 50.6 Å². The Kier molecular flexibility index (Phi) is 0.845. The first kappa shape index (κ1) is 5.83. The molecule has 0 aromatic rings. The fraction of sp³-hybridized carbons (Fsp3) is 0.714. The van der Waals surface area contributed by atoms with Crippen LogP contribution in [0.1, 0.15) is 20.3 Å². The average molecular weight is 111 g/mol. The molecule has 2 N–H and O–H groups in total. The molecule has 1 aliphatic rings. The zero-order valence-corrected chi connectivity index (χ0v) is 5.57. The maximum absolute atomic E-state index is 5.81. The van der Waals surface area contributed by atoms with Gasteiger partial charge in [0.25, 0.3) is 0 Å². The van der Waals surface area contributed by atoms with Crippen LogP contribution in [0.3, 0.4) is 0 Å². The fourth-order valence-electron chi connectivity index (χ4n) is 1.04. The van der Waals surface area contributed by atoms with Gasteiger partial charge in [0.1, 0.15) is 0 Å². The number of nitrogens with two attached hydrogens (primary N) is 1. The molecule has 1 nitrogen and oxygen atoms in total. The third-order valence-electron chi connectivity index (χ3n) is 2.23. The summed E-state index contributed by atoms with van der Waals surface area (Å²) in [5.74, 6) is 0. The zero-order chi connectivity index (χ0) is 6.41. The van der Waals surface area contributed by atoms with E-state index < -0.39 is 0 Å². The topological polar surface area (TPSA) is 26.0 Å². The first-order valence-electron chi connectivity index (χ1n) is 2.94. The van der Waals surface area contributed by atoms with Gasteiger partial charge in [-0.2, -0.15) is 0 Å². The second-order valence-electron chi connectivity index (χ2n) is 3.31. The SMILES string of the molecule is C=C[C@]1(N)CC1(C)C. The first-order chi connectivity index (χ1) is 3.52. The molecule has 0 aromatic heterocycles. The van der Waals surface area contributed by atoms with Crippen LogP contribution >= 0.6 is 0 Å². The lowest BCUT2D eigenvalue weighted by molar-refractivity contribution is 0.560. The fourth-order valence-corrected chi connectivity index (χ4v) is 1.04. The normalized spacial score (nSPS) is 41.4. The summed E-state index contributed by atoms with van der Waals surface area (Å²) in [4.78, 5) is 0. The molecule has 0 aromatic carbocycles. The average Bonchev–Trinajstić information content (AvgIpc) is 2.10. The molecular formula is C7H13N. The second-order valence-corrected chi connectivity index (χ2v) is 3.31. The summed E-state index contributed by atoms with van der Waals surface area (Å²) in [5.41, 5.74) is 6.07. The lowest BCUT2D eigenvalue weighted by Crippen LogP contribution is -2.24. The maximum Gasteiger partial charge on any atom is 0.0395 e. The van der Waals surface area contributed by atoms with Crippen LogP contribution in [0.2, 0.25) is 0 Å². The molecule has 1 heteroatoms. The van der Waals surface area contributed by atoms with E-state index in [1.165, 1.54) is 0 Å². The van der Waals surface area contributed by atoms with Crippen LogP contribution < -0.4 is 5.73 Å². The summed E-state index contributed by atoms with van der Waals surface area (Å²) in [6.45, 7) is 7.99. The van der Waals surface area contributed by atoms with E-state index in [-0.39, 0.29) is 5.54 Å². The third-order valence-corrected chi connectivity index (χ3v) is 2.23. The molecule has 1 atom stereocenters. The maximum atomic E-state index is 5.81. The summed E-state index contributed by atoms with van der Waals surface area (Å²) in [5, 5.41) is 0. The van der Waals surface area contributed by atoms with Crippen LogP contribution in [-0.2, 0) is 0 Å². The number of hydrogen-bond donors (Lipinski definition) is 1. The molecule has 0 aliphatic heterocycles. The largest absolute Gasteiger partial charge is 0.321 e. The van der Waals surface area contributed by atoms with E-state index in [0.717, 1.165) is 6.42 Å². The second kappa shape index (κ2) is 1.16. The molecule has 0 radical (unpaired) electrons. The van der Waals surface area contributed by atoms with Gasteiger partial charge in [0.2, 0.25) is 0 Å². The highest BCUT2D eigenvalue weighted by atomic mass is 14.9. The minimum atomic E-state index is -0.0486. The predicted molar refractivity (Wildman–Crippen MR) is 35.5 cm³/mol. The van der Waals surface area contributed by atoms with Crippen molar-refractivity contribution in [3.05, 3.63) is 12.7 Å². The smallest absolute Gasteiger partial charge is 0.0395 e. The Morgan fingerprint density at radius 3 is 2.00 bits per heavy atom. The van der Waals surface area contributed by atoms with Crippen molar-refractivity contribution in [2.45, 2.75) is 25.8 Å². The van der Waals surface area contributed by atoms with Gasteiger partial charge in [-0.25, -0.2) is 0 Å². The monoisotopic (exact) mass is 111 g/mol. The van der Waals surface area contributed by atoms with Gasteiger partial charge < -0.3 is 5.73 Å². The van der Waals surface area contributed by atoms with E-state index in [1.807, 2.05) is 6.08 Å². The van der Waals surface area contributed by atoms with Gasteiger partial charge in [0, 0.05) is 5.54 Å². The van der Waals surface area contributed by atoms with Crippen LogP contribution in [0.25, 0.3) is 0 Å². The predicted octanol–water partition coefficient (Wildman–Crippen LogP) is 1.30. The highest BCUT2D eigenvalue weighted by molar-refractivity contribution is 5.24. The van der Waals surface area contributed by atoms with Gasteiger partial charge in [-0.15, -0.1) is 6.58 Å². The van der Waals surface area contributed by atoms with Crippen LogP contribution in [0.4, 0.5) is 0 Å². The summed E-state index contributed by atoms with van der Waals surface area (Å²) in [6, 6.07) is 0. The summed E-state index contributed by atoms with van der Waals surface area (Å²) >= 11 is 0. The van der Waals surface area contributed by atoms with Crippen molar-refractivity contribution in [2.24, 2.45) is 11.1 Å². The molecular weight excluding hydrogens is 98.1 g/mol. The Morgan fingerprint density at radius 1 is 1.62 bits per heavy atom. The Bertz CT molecular complexity index is 126. The Morgan fingerprint density at radius 2 is 2.00 bits per heavy atom. The van der Waals surface area contributed by atoms with Crippen molar-refractivity contribution in [3.8, 4) is 0 Å². The van der Waals surface area contributed by atoms with Gasteiger partial charge in [-0.3, -0.25) is 0 Å². The van der Waals surface area contributed by atoms with Crippen LogP contribution in [0, 0.1) is 5.41 Å². The molecule has 1 rings (SSSR count). The van der Waals surface area contributed by atoms with Crippen molar-refractivity contribution in [3.63, 3.8) is 0 Å².